The molecule has 0 saturated carbocycles. The fraction of sp³-hybridized carbons (Fsp3) is 0.328. The molecule has 2 aliphatic rings. The van der Waals surface area contributed by atoms with Gasteiger partial charge in [-0.05, 0) is 104 Å². The number of piperidine rings is 1. The predicted molar refractivity (Wildman–Crippen MR) is 298 cm³/mol. The van der Waals surface area contributed by atoms with Gasteiger partial charge in [0.05, 0.1) is 42.7 Å². The Hall–Kier alpha value is -8.95. The number of aliphatic hydroxyl groups is 1. The molecule has 7 amide bonds. The Morgan fingerprint density at radius 2 is 1.37 bits per heavy atom. The minimum Gasteiger partial charge on any atom is -0.493 e. The van der Waals surface area contributed by atoms with E-state index in [4.69, 9.17) is 19.9 Å². The van der Waals surface area contributed by atoms with Gasteiger partial charge in [-0.3, -0.25) is 28.8 Å². The molecule has 1 saturated heterocycles. The number of ether oxygens (including phenoxy) is 3. The molecular formula is C58H66N10O11. The van der Waals surface area contributed by atoms with Crippen molar-refractivity contribution in [3.63, 3.8) is 0 Å². The topological polar surface area (TPSA) is 270 Å². The number of benzene rings is 4. The lowest BCUT2D eigenvalue weighted by Gasteiger charge is -2.38. The number of fused-ring (bicyclic) bond motifs is 2. The van der Waals surface area contributed by atoms with Gasteiger partial charge >= 0.3 is 6.09 Å². The maximum Gasteiger partial charge on any atom is 0.416 e. The number of hydrogen-bond acceptors (Lipinski definition) is 12. The molecule has 8 rings (SSSR count). The van der Waals surface area contributed by atoms with Gasteiger partial charge in [0, 0.05) is 68.1 Å². The van der Waals surface area contributed by atoms with E-state index in [9.17, 15) is 38.7 Å². The van der Waals surface area contributed by atoms with E-state index in [0.29, 0.717) is 59.1 Å². The number of nitrogens with one attached hydrogen (secondary N) is 5. The summed E-state index contributed by atoms with van der Waals surface area (Å²) in [5, 5.41) is 25.9. The van der Waals surface area contributed by atoms with Gasteiger partial charge in [0.25, 0.3) is 17.7 Å². The summed E-state index contributed by atoms with van der Waals surface area (Å²) < 4.78 is 20.9. The number of anilines is 5. The zero-order chi connectivity index (χ0) is 56.5. The van der Waals surface area contributed by atoms with Crippen LogP contribution in [0.3, 0.4) is 0 Å². The maximum atomic E-state index is 14.2. The van der Waals surface area contributed by atoms with Crippen LogP contribution < -0.4 is 46.7 Å². The number of methoxy groups -OCH3 is 1. The number of hydrogen-bond donors (Lipinski definition) is 7. The Balaban J connectivity index is 0.858. The molecule has 21 nitrogen and oxygen atoms in total. The van der Waals surface area contributed by atoms with Crippen molar-refractivity contribution in [2.45, 2.75) is 83.8 Å². The average Bonchev–Trinajstić information content (AvgIpc) is 4.26. The number of carbonyl (C=O) groups is 7. The van der Waals surface area contributed by atoms with E-state index in [0.717, 1.165) is 22.4 Å². The van der Waals surface area contributed by atoms with E-state index >= 15 is 0 Å². The van der Waals surface area contributed by atoms with Crippen LogP contribution in [0.1, 0.15) is 89.8 Å². The van der Waals surface area contributed by atoms with Crippen molar-refractivity contribution in [3.8, 4) is 22.6 Å². The van der Waals surface area contributed by atoms with Crippen LogP contribution in [0.5, 0.6) is 11.5 Å². The smallest absolute Gasteiger partial charge is 0.416 e. The number of amides is 7. The molecule has 0 aliphatic carbocycles. The minimum absolute atomic E-state index is 0.0187. The first kappa shape index (κ1) is 56.3. The molecule has 0 bridgehead atoms. The highest BCUT2D eigenvalue weighted by Crippen LogP contribution is 2.41. The standard InChI is InChI=1S/C58H66N10O11/c1-34(2)51(59)55(73)60-35(3)52(70)62-40-21-17-36(18-22-40)33-79-58(76)68-45-30-49(48(77-6)29-43(45)56(74)67-25-11-10-15-44(67)57(68)75)78-26-12-16-50(69)61-42-28-47(66(5)32-42)54(72)64-41-23-19-37(20-24-41)38-27-46(65(4)31-38)53(71)63-39-13-8-7-9-14-39/h7-9,13-14,17-24,27-32,34-35,44,51,57,75H,10-12,15-16,25-26,33,59H2,1-6H3,(H,60,73)(H,61,69)(H,62,70)(H,63,71)(H,64,72)/t35-,44-,51-,57-/m0/s1. The molecule has 0 unspecified atom stereocenters. The summed E-state index contributed by atoms with van der Waals surface area (Å²) >= 11 is 0. The first-order chi connectivity index (χ1) is 37.9. The Labute approximate surface area is 457 Å². The van der Waals surface area contributed by atoms with Gasteiger partial charge in [-0.2, -0.15) is 0 Å². The first-order valence-corrected chi connectivity index (χ1v) is 26.1. The average molecular weight is 1080 g/mol. The van der Waals surface area contributed by atoms with E-state index in [1.165, 1.54) is 19.2 Å². The monoisotopic (exact) mass is 1080 g/mol. The molecule has 0 spiro atoms. The van der Waals surface area contributed by atoms with Crippen LogP contribution in [0.25, 0.3) is 11.1 Å². The molecule has 1 fully saturated rings. The number of nitrogens with two attached hydrogens (primary N) is 1. The highest BCUT2D eigenvalue weighted by molar-refractivity contribution is 6.07. The highest BCUT2D eigenvalue weighted by atomic mass is 16.6. The zero-order valence-corrected chi connectivity index (χ0v) is 44.9. The number of nitrogens with zero attached hydrogens (tertiary/aromatic N) is 4. The third-order valence-electron chi connectivity index (χ3n) is 13.8. The molecule has 79 heavy (non-hydrogen) atoms. The number of rotatable bonds is 19. The van der Waals surface area contributed by atoms with Crippen molar-refractivity contribution in [3.05, 3.63) is 138 Å². The summed E-state index contributed by atoms with van der Waals surface area (Å²) in [6, 6.07) is 26.9. The lowest BCUT2D eigenvalue weighted by atomic mass is 10.0. The summed E-state index contributed by atoms with van der Waals surface area (Å²) in [6.45, 7) is 5.33. The molecule has 0 radical (unpaired) electrons. The van der Waals surface area contributed by atoms with Gasteiger partial charge in [0.2, 0.25) is 17.7 Å². The van der Waals surface area contributed by atoms with Crippen molar-refractivity contribution in [2.24, 2.45) is 25.7 Å². The van der Waals surface area contributed by atoms with E-state index in [1.54, 1.807) is 89.8 Å². The summed E-state index contributed by atoms with van der Waals surface area (Å²) in [5.41, 5.74) is 11.2. The quantitative estimate of drug-likeness (QED) is 0.0396. The van der Waals surface area contributed by atoms with Crippen molar-refractivity contribution in [2.75, 3.05) is 46.4 Å². The third-order valence-corrected chi connectivity index (χ3v) is 13.8. The molecule has 6 aromatic rings. The largest absolute Gasteiger partial charge is 0.493 e. The Morgan fingerprint density at radius 3 is 2.05 bits per heavy atom. The van der Waals surface area contributed by atoms with Gasteiger partial charge < -0.3 is 65.7 Å². The molecule has 21 heteroatoms. The van der Waals surface area contributed by atoms with Crippen LogP contribution in [0, 0.1) is 5.92 Å². The van der Waals surface area contributed by atoms with E-state index in [1.807, 2.05) is 62.5 Å². The number of aromatic nitrogens is 2. The van der Waals surface area contributed by atoms with Gasteiger partial charge in [0.15, 0.2) is 17.7 Å². The van der Waals surface area contributed by atoms with Crippen LogP contribution in [-0.4, -0.2) is 105 Å². The number of aliphatic hydroxyl groups excluding tert-OH is 1. The molecule has 4 atom stereocenters. The molecule has 2 aromatic heterocycles. The fourth-order valence-corrected chi connectivity index (χ4v) is 9.32. The fourth-order valence-electron chi connectivity index (χ4n) is 9.32. The number of carbonyl (C=O) groups excluding carboxylic acids is 7. The zero-order valence-electron chi connectivity index (χ0n) is 44.9. The molecule has 414 valence electrons. The first-order valence-electron chi connectivity index (χ1n) is 26.1. The second kappa shape index (κ2) is 25.0. The predicted octanol–water partition coefficient (Wildman–Crippen LogP) is 7.24. The van der Waals surface area contributed by atoms with Crippen LogP contribution in [0.15, 0.2) is 116 Å². The van der Waals surface area contributed by atoms with Crippen molar-refractivity contribution in [1.82, 2.24) is 19.4 Å². The second-order valence-corrected chi connectivity index (χ2v) is 19.9. The van der Waals surface area contributed by atoms with E-state index in [2.05, 4.69) is 26.6 Å². The van der Waals surface area contributed by atoms with Crippen LogP contribution in [-0.2, 0) is 39.8 Å². The Morgan fingerprint density at radius 1 is 0.722 bits per heavy atom. The minimum atomic E-state index is -1.48. The molecule has 4 aromatic carbocycles. The summed E-state index contributed by atoms with van der Waals surface area (Å²) in [4.78, 5) is 95.7. The lowest BCUT2D eigenvalue weighted by molar-refractivity contribution is -0.127. The summed E-state index contributed by atoms with van der Waals surface area (Å²) in [7, 11) is 4.90. The normalized spacial score (nSPS) is 15.6. The van der Waals surface area contributed by atoms with Crippen molar-refractivity contribution >= 4 is 70.0 Å². The van der Waals surface area contributed by atoms with Gasteiger partial charge in [-0.1, -0.05) is 56.3 Å². The van der Waals surface area contributed by atoms with Crippen molar-refractivity contribution in [1.29, 1.82) is 0 Å². The Bertz CT molecular complexity index is 3210. The molecule has 4 heterocycles. The highest BCUT2D eigenvalue weighted by Gasteiger charge is 2.44. The van der Waals surface area contributed by atoms with Crippen LogP contribution in [0.4, 0.5) is 33.2 Å². The van der Waals surface area contributed by atoms with Crippen LogP contribution >= 0.6 is 0 Å². The molecule has 8 N–H and O–H groups in total. The van der Waals surface area contributed by atoms with E-state index in [-0.39, 0.29) is 66.5 Å². The number of para-hydroxylation sites is 1. The van der Waals surface area contributed by atoms with Gasteiger partial charge in [-0.25, -0.2) is 9.69 Å². The molecule has 2 aliphatic heterocycles. The third kappa shape index (κ3) is 13.4. The van der Waals surface area contributed by atoms with Gasteiger partial charge in [-0.15, -0.1) is 0 Å². The second-order valence-electron chi connectivity index (χ2n) is 19.9. The molecular weight excluding hydrogens is 1010 g/mol. The Kier molecular flexibility index (Phi) is 17.8. The van der Waals surface area contributed by atoms with E-state index < -0.39 is 54.1 Å². The van der Waals surface area contributed by atoms with Crippen LogP contribution in [0.2, 0.25) is 0 Å². The SMILES string of the molecule is COc1cc2c(cc1OCCCC(=O)Nc1cc(C(=O)Nc3ccc(-c4cc(C(=O)Nc5ccccc5)n(C)c4)cc3)n(C)c1)N(C(=O)OCc1ccc(NC(=O)[C@H](C)NC(=O)[C@@H](N)C(C)C)cc1)[C@@H](O)[C@@H]1CCCCN1C2=O. The van der Waals surface area contributed by atoms with Crippen molar-refractivity contribution < 1.29 is 52.9 Å². The van der Waals surface area contributed by atoms with Gasteiger partial charge in [0.1, 0.15) is 24.0 Å². The lowest BCUT2D eigenvalue weighted by Crippen LogP contribution is -2.55. The summed E-state index contributed by atoms with van der Waals surface area (Å²) in [5.74, 6) is -2.02. The summed E-state index contributed by atoms with van der Waals surface area (Å²) in [6.07, 6.45) is 3.23. The number of aryl methyl sites for hydroxylation is 2. The maximum absolute atomic E-state index is 14.2.